The Hall–Kier alpha value is -2.34. The van der Waals surface area contributed by atoms with Gasteiger partial charge in [0.2, 0.25) is 11.8 Å². The van der Waals surface area contributed by atoms with Crippen LogP contribution in [0.15, 0.2) is 33.9 Å². The van der Waals surface area contributed by atoms with E-state index in [4.69, 9.17) is 16.0 Å². The van der Waals surface area contributed by atoms with Gasteiger partial charge in [0.05, 0.1) is 10.8 Å². The van der Waals surface area contributed by atoms with E-state index in [1.165, 1.54) is 34.4 Å². The number of aromatic nitrogens is 2. The molecule has 0 aliphatic heterocycles. The summed E-state index contributed by atoms with van der Waals surface area (Å²) < 4.78 is 5.67. The van der Waals surface area contributed by atoms with Gasteiger partial charge in [-0.15, -0.1) is 21.5 Å². The maximum atomic E-state index is 12.7. The van der Waals surface area contributed by atoms with Crippen LogP contribution in [0.3, 0.4) is 0 Å². The summed E-state index contributed by atoms with van der Waals surface area (Å²) >= 11 is 8.62. The van der Waals surface area contributed by atoms with Crippen LogP contribution in [0.1, 0.15) is 42.2 Å². The standard InChI is InChI=1S/C21H19ClN4O2S2/c1-12(29-21-26-25-19(28-21)13-7-9-14(22)10-8-13)18(27)24-20-16(11-23)15-5-3-2-4-6-17(15)30-20/h7-10,12H,2-6H2,1H3,(H,24,27)/t12-/m1/s1. The molecule has 0 radical (unpaired) electrons. The molecule has 1 amide bonds. The van der Waals surface area contributed by atoms with Gasteiger partial charge in [0.25, 0.3) is 5.22 Å². The number of nitriles is 1. The maximum Gasteiger partial charge on any atom is 0.277 e. The van der Waals surface area contributed by atoms with Gasteiger partial charge >= 0.3 is 0 Å². The summed E-state index contributed by atoms with van der Waals surface area (Å²) in [5.74, 6) is 0.176. The summed E-state index contributed by atoms with van der Waals surface area (Å²) in [6, 6.07) is 9.38. The van der Waals surface area contributed by atoms with Crippen molar-refractivity contribution in [1.29, 1.82) is 5.26 Å². The Morgan fingerprint density at radius 2 is 2.03 bits per heavy atom. The number of aryl methyl sites for hydroxylation is 1. The van der Waals surface area contributed by atoms with Crippen molar-refractivity contribution < 1.29 is 9.21 Å². The fourth-order valence-electron chi connectivity index (χ4n) is 3.33. The predicted octanol–water partition coefficient (Wildman–Crippen LogP) is 5.71. The van der Waals surface area contributed by atoms with Gasteiger partial charge in [-0.3, -0.25) is 4.79 Å². The molecule has 154 valence electrons. The number of anilines is 1. The minimum atomic E-state index is -0.461. The van der Waals surface area contributed by atoms with E-state index in [-0.39, 0.29) is 5.91 Å². The molecule has 1 aliphatic carbocycles. The molecule has 0 unspecified atom stereocenters. The van der Waals surface area contributed by atoms with Gasteiger partial charge in [0.15, 0.2) is 0 Å². The van der Waals surface area contributed by atoms with Crippen LogP contribution in [0.4, 0.5) is 5.00 Å². The zero-order valence-corrected chi connectivity index (χ0v) is 18.7. The number of benzene rings is 1. The lowest BCUT2D eigenvalue weighted by Crippen LogP contribution is -2.22. The van der Waals surface area contributed by atoms with Gasteiger partial charge in [-0.05, 0) is 62.4 Å². The van der Waals surface area contributed by atoms with Crippen LogP contribution < -0.4 is 5.32 Å². The zero-order valence-electron chi connectivity index (χ0n) is 16.3. The van der Waals surface area contributed by atoms with E-state index in [1.54, 1.807) is 31.2 Å². The number of fused-ring (bicyclic) bond motifs is 1. The first-order valence-corrected chi connectivity index (χ1v) is 11.7. The van der Waals surface area contributed by atoms with Crippen molar-refractivity contribution >= 4 is 45.6 Å². The van der Waals surface area contributed by atoms with Crippen LogP contribution in [-0.2, 0) is 17.6 Å². The molecule has 2 heterocycles. The van der Waals surface area contributed by atoms with E-state index in [0.29, 0.717) is 26.7 Å². The average molecular weight is 459 g/mol. The molecule has 0 fully saturated rings. The van der Waals surface area contributed by atoms with Crippen molar-refractivity contribution in [3.8, 4) is 17.5 Å². The zero-order chi connectivity index (χ0) is 21.1. The summed E-state index contributed by atoms with van der Waals surface area (Å²) in [7, 11) is 0. The molecule has 0 saturated heterocycles. The monoisotopic (exact) mass is 458 g/mol. The van der Waals surface area contributed by atoms with Crippen LogP contribution >= 0.6 is 34.7 Å². The Morgan fingerprint density at radius 1 is 1.27 bits per heavy atom. The SMILES string of the molecule is C[C@@H](Sc1nnc(-c2ccc(Cl)cc2)o1)C(=O)Nc1sc2c(c1C#N)CCCCC2. The summed E-state index contributed by atoms with van der Waals surface area (Å²) in [5.41, 5.74) is 2.49. The number of carbonyl (C=O) groups is 1. The molecule has 1 aliphatic rings. The van der Waals surface area contributed by atoms with E-state index < -0.39 is 5.25 Å². The molecule has 1 atom stereocenters. The number of nitrogens with one attached hydrogen (secondary N) is 1. The van der Waals surface area contributed by atoms with Gasteiger partial charge in [-0.2, -0.15) is 5.26 Å². The van der Waals surface area contributed by atoms with E-state index in [1.807, 2.05) is 0 Å². The summed E-state index contributed by atoms with van der Waals surface area (Å²) in [6.45, 7) is 1.77. The Labute approximate surface area is 187 Å². The predicted molar refractivity (Wildman–Crippen MR) is 119 cm³/mol. The first-order chi connectivity index (χ1) is 14.5. The van der Waals surface area contributed by atoms with Gasteiger partial charge < -0.3 is 9.73 Å². The molecular formula is C21H19ClN4O2S2. The van der Waals surface area contributed by atoms with Crippen molar-refractivity contribution in [3.63, 3.8) is 0 Å². The molecule has 0 bridgehead atoms. The highest BCUT2D eigenvalue weighted by Gasteiger charge is 2.24. The molecule has 0 saturated carbocycles. The maximum absolute atomic E-state index is 12.7. The first-order valence-electron chi connectivity index (χ1n) is 9.66. The van der Waals surface area contributed by atoms with Crippen molar-refractivity contribution in [2.45, 2.75) is 49.5 Å². The van der Waals surface area contributed by atoms with Crippen molar-refractivity contribution in [1.82, 2.24) is 10.2 Å². The molecule has 1 aromatic carbocycles. The van der Waals surface area contributed by atoms with Gasteiger partial charge in [-0.1, -0.05) is 29.8 Å². The number of halogens is 1. The molecule has 9 heteroatoms. The Balaban J connectivity index is 1.44. The minimum Gasteiger partial charge on any atom is -0.411 e. The molecule has 1 N–H and O–H groups in total. The lowest BCUT2D eigenvalue weighted by Gasteiger charge is -2.09. The second-order valence-corrected chi connectivity index (χ2v) is 9.84. The number of hydrogen-bond donors (Lipinski definition) is 1. The molecule has 2 aromatic heterocycles. The molecule has 4 rings (SSSR count). The van der Waals surface area contributed by atoms with E-state index in [0.717, 1.165) is 36.8 Å². The number of nitrogens with zero attached hydrogens (tertiary/aromatic N) is 3. The van der Waals surface area contributed by atoms with Crippen molar-refractivity contribution in [2.24, 2.45) is 0 Å². The number of hydrogen-bond acceptors (Lipinski definition) is 7. The van der Waals surface area contributed by atoms with Gasteiger partial charge in [0, 0.05) is 15.5 Å². The molecule has 0 spiro atoms. The minimum absolute atomic E-state index is 0.195. The molecule has 30 heavy (non-hydrogen) atoms. The van der Waals surface area contributed by atoms with Crippen LogP contribution in [0.5, 0.6) is 0 Å². The third-order valence-electron chi connectivity index (χ3n) is 4.91. The van der Waals surface area contributed by atoms with Crippen LogP contribution in [-0.4, -0.2) is 21.4 Å². The summed E-state index contributed by atoms with van der Waals surface area (Å²) in [4.78, 5) is 14.0. The highest BCUT2D eigenvalue weighted by Crippen LogP contribution is 2.37. The van der Waals surface area contributed by atoms with E-state index in [9.17, 15) is 10.1 Å². The van der Waals surface area contributed by atoms with Crippen LogP contribution in [0.25, 0.3) is 11.5 Å². The Kier molecular flexibility index (Phi) is 6.42. The van der Waals surface area contributed by atoms with Crippen molar-refractivity contribution in [2.75, 3.05) is 5.32 Å². The van der Waals surface area contributed by atoms with Gasteiger partial charge in [-0.25, -0.2) is 0 Å². The van der Waals surface area contributed by atoms with Gasteiger partial charge in [0.1, 0.15) is 11.1 Å². The molecule has 6 nitrogen and oxygen atoms in total. The fourth-order valence-corrected chi connectivity index (χ4v) is 5.39. The third-order valence-corrected chi connectivity index (χ3v) is 7.31. The highest BCUT2D eigenvalue weighted by molar-refractivity contribution is 8.00. The number of amides is 1. The second-order valence-electron chi connectivity index (χ2n) is 7.01. The lowest BCUT2D eigenvalue weighted by atomic mass is 10.1. The molecule has 3 aromatic rings. The van der Waals surface area contributed by atoms with E-state index in [2.05, 4.69) is 21.6 Å². The topological polar surface area (TPSA) is 91.8 Å². The lowest BCUT2D eigenvalue weighted by molar-refractivity contribution is -0.115. The number of thioether (sulfide) groups is 1. The first kappa shape index (κ1) is 20.9. The smallest absolute Gasteiger partial charge is 0.277 e. The summed E-state index contributed by atoms with van der Waals surface area (Å²) in [5, 5.41) is 21.8. The second kappa shape index (κ2) is 9.21. The summed E-state index contributed by atoms with van der Waals surface area (Å²) in [6.07, 6.45) is 5.29. The van der Waals surface area contributed by atoms with E-state index >= 15 is 0 Å². The Bertz CT molecular complexity index is 1100. The highest BCUT2D eigenvalue weighted by atomic mass is 35.5. The average Bonchev–Trinajstić information content (AvgIpc) is 3.25. The van der Waals surface area contributed by atoms with Crippen LogP contribution in [0, 0.1) is 11.3 Å². The fraction of sp³-hybridized carbons (Fsp3) is 0.333. The normalized spacial score (nSPS) is 14.4. The van der Waals surface area contributed by atoms with Crippen molar-refractivity contribution in [3.05, 3.63) is 45.3 Å². The number of carbonyl (C=O) groups excluding carboxylic acids is 1. The quantitative estimate of drug-likeness (QED) is 0.388. The third kappa shape index (κ3) is 4.53. The molecular weight excluding hydrogens is 440 g/mol. The van der Waals surface area contributed by atoms with Crippen LogP contribution in [0.2, 0.25) is 5.02 Å². The Morgan fingerprint density at radius 3 is 2.80 bits per heavy atom. The largest absolute Gasteiger partial charge is 0.411 e. The number of rotatable bonds is 5. The number of thiophene rings is 1.